The number of likely N-dealkylation sites (N-methyl/N-ethyl adjacent to an activating group) is 1. The molecule has 0 amide bonds. The Morgan fingerprint density at radius 1 is 0.920 bits per heavy atom. The Morgan fingerprint density at radius 3 is 2.40 bits per heavy atom. The molecule has 5 atom stereocenters. The summed E-state index contributed by atoms with van der Waals surface area (Å²) in [5.74, 6) is 2.40. The summed E-state index contributed by atoms with van der Waals surface area (Å²) < 4.78 is 5.87. The van der Waals surface area contributed by atoms with Gasteiger partial charge in [-0.15, -0.1) is 11.6 Å². The van der Waals surface area contributed by atoms with Gasteiger partial charge in [0.1, 0.15) is 0 Å². The van der Waals surface area contributed by atoms with Crippen LogP contribution in [0.4, 0.5) is 0 Å². The molecule has 5 heteroatoms. The van der Waals surface area contributed by atoms with Crippen molar-refractivity contribution >= 4 is 11.6 Å². The molecule has 2 aliphatic carbocycles. The minimum atomic E-state index is 0.417. The summed E-state index contributed by atoms with van der Waals surface area (Å²) in [5.41, 5.74) is 7.52. The summed E-state index contributed by atoms with van der Waals surface area (Å²) in [4.78, 5) is 2.53. The molecule has 0 spiro atoms. The van der Waals surface area contributed by atoms with Gasteiger partial charge >= 0.3 is 0 Å². The molecule has 2 N–H and O–H groups in total. The summed E-state index contributed by atoms with van der Waals surface area (Å²) >= 11 is 6.35. The quantitative estimate of drug-likeness (QED) is 0.743. The zero-order valence-electron chi connectivity index (χ0n) is 15.8. The van der Waals surface area contributed by atoms with E-state index in [2.05, 4.69) is 22.8 Å². The highest BCUT2D eigenvalue weighted by Gasteiger charge is 2.45. The van der Waals surface area contributed by atoms with Crippen LogP contribution >= 0.6 is 11.6 Å². The van der Waals surface area contributed by atoms with Crippen LogP contribution in [0.2, 0.25) is 0 Å². The third kappa shape index (κ3) is 4.19. The number of nitrogens with zero attached hydrogens (tertiary/aromatic N) is 1. The van der Waals surface area contributed by atoms with E-state index in [-0.39, 0.29) is 0 Å². The van der Waals surface area contributed by atoms with Gasteiger partial charge in [0.15, 0.2) is 0 Å². The summed E-state index contributed by atoms with van der Waals surface area (Å²) in [7, 11) is 2.28. The number of ether oxygens (including phenoxy) is 1. The predicted octanol–water partition coefficient (Wildman–Crippen LogP) is 3.50. The number of rotatable bonds is 4. The molecular formula is C20H36ClN3O. The average molecular weight is 370 g/mol. The molecule has 5 unspecified atom stereocenters. The highest BCUT2D eigenvalue weighted by molar-refractivity contribution is 6.20. The Bertz CT molecular complexity index is 423. The maximum atomic E-state index is 6.35. The van der Waals surface area contributed by atoms with Gasteiger partial charge in [-0.3, -0.25) is 10.3 Å². The molecule has 2 heterocycles. The molecule has 144 valence electrons. The number of hydrogen-bond acceptors (Lipinski definition) is 4. The van der Waals surface area contributed by atoms with E-state index in [0.717, 1.165) is 30.9 Å². The van der Waals surface area contributed by atoms with E-state index < -0.39 is 0 Å². The van der Waals surface area contributed by atoms with Crippen molar-refractivity contribution in [1.29, 1.82) is 0 Å². The molecular weight excluding hydrogens is 334 g/mol. The van der Waals surface area contributed by atoms with Crippen molar-refractivity contribution in [2.75, 3.05) is 20.2 Å². The van der Waals surface area contributed by atoms with Crippen molar-refractivity contribution in [1.82, 2.24) is 15.8 Å². The van der Waals surface area contributed by atoms with E-state index in [0.29, 0.717) is 23.7 Å². The van der Waals surface area contributed by atoms with Crippen molar-refractivity contribution in [3.63, 3.8) is 0 Å². The van der Waals surface area contributed by atoms with Gasteiger partial charge in [0.2, 0.25) is 0 Å². The van der Waals surface area contributed by atoms with Crippen molar-refractivity contribution in [3.05, 3.63) is 0 Å². The van der Waals surface area contributed by atoms with E-state index in [9.17, 15) is 0 Å². The fourth-order valence-corrected chi connectivity index (χ4v) is 6.24. The van der Waals surface area contributed by atoms with Crippen LogP contribution < -0.4 is 10.9 Å². The Kier molecular flexibility index (Phi) is 6.24. The second-order valence-corrected chi connectivity index (χ2v) is 9.58. The third-order valence-electron chi connectivity index (χ3n) is 7.34. The van der Waals surface area contributed by atoms with Gasteiger partial charge < -0.3 is 4.74 Å². The monoisotopic (exact) mass is 369 g/mol. The van der Waals surface area contributed by atoms with Gasteiger partial charge in [0.05, 0.1) is 12.3 Å². The third-order valence-corrected chi connectivity index (χ3v) is 7.78. The second kappa shape index (κ2) is 8.43. The van der Waals surface area contributed by atoms with Crippen LogP contribution in [-0.4, -0.2) is 48.8 Å². The zero-order chi connectivity index (χ0) is 17.2. The number of fused-ring (bicyclic) bond motifs is 1. The number of alkyl halides is 1. The first kappa shape index (κ1) is 18.5. The first-order valence-corrected chi connectivity index (χ1v) is 11.1. The molecule has 25 heavy (non-hydrogen) atoms. The maximum absolute atomic E-state index is 6.35. The van der Waals surface area contributed by atoms with Crippen molar-refractivity contribution in [2.24, 2.45) is 17.8 Å². The topological polar surface area (TPSA) is 36.5 Å². The minimum Gasteiger partial charge on any atom is -0.377 e. The van der Waals surface area contributed by atoms with E-state index >= 15 is 0 Å². The lowest BCUT2D eigenvalue weighted by Gasteiger charge is -2.52. The highest BCUT2D eigenvalue weighted by Crippen LogP contribution is 2.42. The Balaban J connectivity index is 1.40. The number of halogens is 1. The summed E-state index contributed by atoms with van der Waals surface area (Å²) in [6, 6.07) is 0.641. The molecule has 4 rings (SSSR count). The lowest BCUT2D eigenvalue weighted by molar-refractivity contribution is -0.0354. The first-order valence-electron chi connectivity index (χ1n) is 10.7. The van der Waals surface area contributed by atoms with Gasteiger partial charge in [-0.25, -0.2) is 5.43 Å². The van der Waals surface area contributed by atoms with Crippen LogP contribution in [0.3, 0.4) is 0 Å². The van der Waals surface area contributed by atoms with E-state index in [1.807, 2.05) is 0 Å². The SMILES string of the molecule is CN(CC1CCCO1)C1NNC(C2CCC(Cl)CC2)C2CCCCC21. The van der Waals surface area contributed by atoms with Gasteiger partial charge in [0, 0.05) is 24.6 Å². The van der Waals surface area contributed by atoms with Crippen LogP contribution in [0.5, 0.6) is 0 Å². The van der Waals surface area contributed by atoms with E-state index in [1.54, 1.807) is 0 Å². The van der Waals surface area contributed by atoms with Gasteiger partial charge in [-0.2, -0.15) is 0 Å². The Hall–Kier alpha value is 0.130. The standard InChI is InChI=1S/C20H36ClN3O/c1-24(13-16-5-4-12-25-16)20-18-7-3-2-6-17(18)19(22-23-20)14-8-10-15(21)11-9-14/h14-20,22-23H,2-13H2,1H3. The van der Waals surface area contributed by atoms with Crippen LogP contribution in [0.15, 0.2) is 0 Å². The lowest BCUT2D eigenvalue weighted by Crippen LogP contribution is -2.68. The van der Waals surface area contributed by atoms with Gasteiger partial charge in [0.25, 0.3) is 0 Å². The fraction of sp³-hybridized carbons (Fsp3) is 1.00. The zero-order valence-corrected chi connectivity index (χ0v) is 16.5. The first-order chi connectivity index (χ1) is 12.2. The fourth-order valence-electron chi connectivity index (χ4n) is 5.99. The van der Waals surface area contributed by atoms with Crippen molar-refractivity contribution < 1.29 is 4.74 Å². The smallest absolute Gasteiger partial charge is 0.0759 e. The number of hydrogen-bond donors (Lipinski definition) is 2. The van der Waals surface area contributed by atoms with Crippen molar-refractivity contribution in [3.8, 4) is 0 Å². The van der Waals surface area contributed by atoms with Crippen molar-refractivity contribution in [2.45, 2.75) is 87.9 Å². The molecule has 0 aromatic rings. The summed E-state index contributed by atoms with van der Waals surface area (Å²) in [6.45, 7) is 2.01. The Morgan fingerprint density at radius 2 is 1.68 bits per heavy atom. The molecule has 4 nitrogen and oxygen atoms in total. The van der Waals surface area contributed by atoms with E-state index in [1.165, 1.54) is 64.2 Å². The molecule has 2 saturated carbocycles. The molecule has 0 radical (unpaired) electrons. The molecule has 4 aliphatic rings. The lowest BCUT2D eigenvalue weighted by atomic mass is 9.67. The summed E-state index contributed by atoms with van der Waals surface area (Å²) in [5, 5.41) is 0.417. The van der Waals surface area contributed by atoms with Crippen LogP contribution in [-0.2, 0) is 4.74 Å². The van der Waals surface area contributed by atoms with Gasteiger partial charge in [-0.05, 0) is 76.2 Å². The van der Waals surface area contributed by atoms with Gasteiger partial charge in [-0.1, -0.05) is 12.8 Å². The minimum absolute atomic E-state index is 0.417. The highest BCUT2D eigenvalue weighted by atomic mass is 35.5. The van der Waals surface area contributed by atoms with Crippen LogP contribution in [0.25, 0.3) is 0 Å². The second-order valence-electron chi connectivity index (χ2n) is 8.96. The molecule has 0 aromatic carbocycles. The maximum Gasteiger partial charge on any atom is 0.0759 e. The number of hydrazine groups is 1. The summed E-state index contributed by atoms with van der Waals surface area (Å²) in [6.07, 6.45) is 13.9. The largest absolute Gasteiger partial charge is 0.377 e. The molecule has 2 aliphatic heterocycles. The normalized spacial score (nSPS) is 45.5. The van der Waals surface area contributed by atoms with Crippen LogP contribution in [0.1, 0.15) is 64.2 Å². The average Bonchev–Trinajstić information content (AvgIpc) is 3.14. The predicted molar refractivity (Wildman–Crippen MR) is 102 cm³/mol. The molecule has 0 aromatic heterocycles. The molecule has 2 saturated heterocycles. The van der Waals surface area contributed by atoms with E-state index in [4.69, 9.17) is 16.3 Å². The molecule has 0 bridgehead atoms. The van der Waals surface area contributed by atoms with Crippen LogP contribution in [0, 0.1) is 17.8 Å². The molecule has 4 fully saturated rings. The number of nitrogens with one attached hydrogen (secondary N) is 2. The Labute approximate surface area is 158 Å².